The van der Waals surface area contributed by atoms with Crippen LogP contribution in [0.1, 0.15) is 43.9 Å². The highest BCUT2D eigenvalue weighted by Gasteiger charge is 2.29. The van der Waals surface area contributed by atoms with E-state index in [1.807, 2.05) is 0 Å². The molecule has 0 bridgehead atoms. The molecule has 1 saturated heterocycles. The van der Waals surface area contributed by atoms with E-state index in [0.29, 0.717) is 6.10 Å². The molecule has 0 radical (unpaired) electrons. The Morgan fingerprint density at radius 1 is 1.47 bits per heavy atom. The summed E-state index contributed by atoms with van der Waals surface area (Å²) < 4.78 is 5.90. The Morgan fingerprint density at radius 2 is 2.29 bits per heavy atom. The van der Waals surface area contributed by atoms with Crippen LogP contribution < -0.4 is 11.3 Å². The quantitative estimate of drug-likeness (QED) is 0.621. The van der Waals surface area contributed by atoms with Gasteiger partial charge in [0.2, 0.25) is 0 Å². The van der Waals surface area contributed by atoms with Crippen LogP contribution in [0, 0.1) is 0 Å². The van der Waals surface area contributed by atoms with Crippen LogP contribution in [0.5, 0.6) is 0 Å². The van der Waals surface area contributed by atoms with Crippen molar-refractivity contribution in [3.63, 3.8) is 0 Å². The van der Waals surface area contributed by atoms with Crippen molar-refractivity contribution in [2.75, 3.05) is 0 Å². The van der Waals surface area contributed by atoms with Crippen molar-refractivity contribution in [2.45, 2.75) is 51.4 Å². The van der Waals surface area contributed by atoms with E-state index in [9.17, 15) is 0 Å². The van der Waals surface area contributed by atoms with Gasteiger partial charge in [-0.15, -0.1) is 0 Å². The van der Waals surface area contributed by atoms with Crippen molar-refractivity contribution in [3.05, 3.63) is 35.4 Å². The minimum atomic E-state index is 0.103. The van der Waals surface area contributed by atoms with Crippen LogP contribution in [-0.2, 0) is 11.2 Å². The van der Waals surface area contributed by atoms with E-state index in [0.717, 1.165) is 19.3 Å². The molecule has 3 N–H and O–H groups in total. The van der Waals surface area contributed by atoms with Gasteiger partial charge >= 0.3 is 0 Å². The lowest BCUT2D eigenvalue weighted by molar-refractivity contribution is 0.0316. The van der Waals surface area contributed by atoms with Crippen molar-refractivity contribution in [3.8, 4) is 0 Å². The maximum absolute atomic E-state index is 5.90. The highest BCUT2D eigenvalue weighted by Crippen LogP contribution is 2.29. The first kappa shape index (κ1) is 12.6. The fraction of sp³-hybridized carbons (Fsp3) is 0.571. The normalized spacial score (nSPS) is 26.1. The lowest BCUT2D eigenvalue weighted by Gasteiger charge is -2.23. The predicted octanol–water partition coefficient (Wildman–Crippen LogP) is 2.32. The van der Waals surface area contributed by atoms with Crippen LogP contribution >= 0.6 is 0 Å². The molecule has 0 spiro atoms. The molecule has 3 atom stereocenters. The first-order valence-electron chi connectivity index (χ1n) is 6.45. The number of nitrogens with two attached hydrogens (primary N) is 1. The minimum Gasteiger partial charge on any atom is -0.373 e. The SMILES string of the molecule is CCc1cccc(C(NN)C2CCC(C)O2)c1. The maximum atomic E-state index is 5.90. The first-order chi connectivity index (χ1) is 8.24. The maximum Gasteiger partial charge on any atom is 0.0787 e. The van der Waals surface area contributed by atoms with Crippen molar-refractivity contribution < 1.29 is 4.74 Å². The summed E-state index contributed by atoms with van der Waals surface area (Å²) in [7, 11) is 0. The van der Waals surface area contributed by atoms with Gasteiger partial charge in [-0.25, -0.2) is 0 Å². The molecule has 0 saturated carbocycles. The molecule has 94 valence electrons. The van der Waals surface area contributed by atoms with Gasteiger partial charge in [0.25, 0.3) is 0 Å². The standard InChI is InChI=1S/C14H22N2O/c1-3-11-5-4-6-12(9-11)14(16-15)13-8-7-10(2)17-13/h4-6,9-10,13-14,16H,3,7-8,15H2,1-2H3. The van der Waals surface area contributed by atoms with Crippen molar-refractivity contribution in [1.82, 2.24) is 5.43 Å². The van der Waals surface area contributed by atoms with Gasteiger partial charge in [-0.1, -0.05) is 31.2 Å². The van der Waals surface area contributed by atoms with E-state index < -0.39 is 0 Å². The third kappa shape index (κ3) is 2.86. The van der Waals surface area contributed by atoms with Gasteiger partial charge in [-0.2, -0.15) is 0 Å². The molecule has 1 fully saturated rings. The van der Waals surface area contributed by atoms with Gasteiger partial charge in [0.15, 0.2) is 0 Å². The molecule has 1 aliphatic rings. The van der Waals surface area contributed by atoms with Crippen LogP contribution in [0.3, 0.4) is 0 Å². The predicted molar refractivity (Wildman–Crippen MR) is 69.5 cm³/mol. The fourth-order valence-corrected chi connectivity index (χ4v) is 2.50. The second-order valence-corrected chi connectivity index (χ2v) is 4.81. The van der Waals surface area contributed by atoms with E-state index >= 15 is 0 Å². The van der Waals surface area contributed by atoms with Crippen LogP contribution in [0.25, 0.3) is 0 Å². The Labute approximate surface area is 103 Å². The minimum absolute atomic E-state index is 0.103. The van der Waals surface area contributed by atoms with Gasteiger partial charge in [0, 0.05) is 0 Å². The zero-order chi connectivity index (χ0) is 12.3. The Bertz CT molecular complexity index is 367. The molecular formula is C14H22N2O. The molecule has 3 unspecified atom stereocenters. The largest absolute Gasteiger partial charge is 0.373 e. The van der Waals surface area contributed by atoms with E-state index in [1.165, 1.54) is 11.1 Å². The molecule has 3 heteroatoms. The third-order valence-corrected chi connectivity index (χ3v) is 3.53. The van der Waals surface area contributed by atoms with Gasteiger partial charge in [0.1, 0.15) is 0 Å². The molecule has 1 aromatic carbocycles. The molecule has 2 rings (SSSR count). The Morgan fingerprint density at radius 3 is 2.88 bits per heavy atom. The van der Waals surface area contributed by atoms with Crippen LogP contribution in [0.4, 0.5) is 0 Å². The molecule has 3 nitrogen and oxygen atoms in total. The Kier molecular flexibility index (Phi) is 4.15. The molecule has 0 aliphatic carbocycles. The second kappa shape index (κ2) is 5.63. The topological polar surface area (TPSA) is 47.3 Å². The van der Waals surface area contributed by atoms with E-state index in [1.54, 1.807) is 0 Å². The van der Waals surface area contributed by atoms with E-state index in [4.69, 9.17) is 10.6 Å². The average Bonchev–Trinajstić information content (AvgIpc) is 2.77. The van der Waals surface area contributed by atoms with Gasteiger partial charge in [-0.3, -0.25) is 11.3 Å². The average molecular weight is 234 g/mol. The van der Waals surface area contributed by atoms with Crippen LogP contribution in [0.2, 0.25) is 0 Å². The lowest BCUT2D eigenvalue weighted by Crippen LogP contribution is -2.36. The van der Waals surface area contributed by atoms with Gasteiger partial charge < -0.3 is 4.74 Å². The Balaban J connectivity index is 2.16. The van der Waals surface area contributed by atoms with Crippen molar-refractivity contribution in [1.29, 1.82) is 0 Å². The third-order valence-electron chi connectivity index (χ3n) is 3.53. The molecule has 0 amide bonds. The zero-order valence-corrected chi connectivity index (χ0v) is 10.6. The summed E-state index contributed by atoms with van der Waals surface area (Å²) in [6.07, 6.45) is 3.79. The summed E-state index contributed by atoms with van der Waals surface area (Å²) in [6.45, 7) is 4.29. The summed E-state index contributed by atoms with van der Waals surface area (Å²) in [4.78, 5) is 0. The summed E-state index contributed by atoms with van der Waals surface area (Å²) in [5.74, 6) is 5.69. The molecular weight excluding hydrogens is 212 g/mol. The van der Waals surface area contributed by atoms with Crippen LogP contribution in [-0.4, -0.2) is 12.2 Å². The Hall–Kier alpha value is -0.900. The lowest BCUT2D eigenvalue weighted by atomic mass is 9.97. The van der Waals surface area contributed by atoms with E-state index in [2.05, 4.69) is 43.5 Å². The molecule has 0 aromatic heterocycles. The van der Waals surface area contributed by atoms with Crippen molar-refractivity contribution >= 4 is 0 Å². The number of aryl methyl sites for hydroxylation is 1. The number of nitrogens with one attached hydrogen (secondary N) is 1. The summed E-state index contributed by atoms with van der Waals surface area (Å²) in [5, 5.41) is 0. The smallest absolute Gasteiger partial charge is 0.0787 e. The second-order valence-electron chi connectivity index (χ2n) is 4.81. The van der Waals surface area contributed by atoms with Crippen LogP contribution in [0.15, 0.2) is 24.3 Å². The first-order valence-corrected chi connectivity index (χ1v) is 6.45. The number of hydrogen-bond acceptors (Lipinski definition) is 3. The monoisotopic (exact) mass is 234 g/mol. The number of rotatable bonds is 4. The molecule has 1 aliphatic heterocycles. The number of benzene rings is 1. The van der Waals surface area contributed by atoms with Crippen molar-refractivity contribution in [2.24, 2.45) is 5.84 Å². The summed E-state index contributed by atoms with van der Waals surface area (Å²) in [6, 6.07) is 8.69. The molecule has 1 heterocycles. The zero-order valence-electron chi connectivity index (χ0n) is 10.6. The summed E-state index contributed by atoms with van der Waals surface area (Å²) in [5.41, 5.74) is 5.48. The van der Waals surface area contributed by atoms with Gasteiger partial charge in [0.05, 0.1) is 18.2 Å². The molecule has 1 aromatic rings. The van der Waals surface area contributed by atoms with E-state index in [-0.39, 0.29) is 12.1 Å². The number of hydrazine groups is 1. The highest BCUT2D eigenvalue weighted by molar-refractivity contribution is 5.27. The fourth-order valence-electron chi connectivity index (χ4n) is 2.50. The number of ether oxygens (including phenoxy) is 1. The highest BCUT2D eigenvalue weighted by atomic mass is 16.5. The molecule has 17 heavy (non-hydrogen) atoms. The number of hydrogen-bond donors (Lipinski definition) is 2. The summed E-state index contributed by atoms with van der Waals surface area (Å²) >= 11 is 0. The van der Waals surface area contributed by atoms with Gasteiger partial charge in [-0.05, 0) is 37.3 Å².